The molecule has 0 amide bonds. The number of rotatable bonds is 4. The zero-order valence-electron chi connectivity index (χ0n) is 16.5. The zero-order valence-corrected chi connectivity index (χ0v) is 18.4. The van der Waals surface area contributed by atoms with E-state index in [1.807, 2.05) is 13.8 Å². The van der Waals surface area contributed by atoms with Gasteiger partial charge in [-0.2, -0.15) is 0 Å². The van der Waals surface area contributed by atoms with Gasteiger partial charge in [-0.05, 0) is 32.0 Å². The lowest BCUT2D eigenvalue weighted by molar-refractivity contribution is -0.190. The summed E-state index contributed by atoms with van der Waals surface area (Å²) in [6.45, 7) is 16.4. The SMILES string of the molecule is CC(=O)O[C@@H]1[C@H]2OC(C)(C)O[C@H]2[C@@H](CO[Si](C)(C)C(C)(C)C)O[C@H]1S. The molecule has 2 fully saturated rings. The molecular formula is C17H32O6SSi. The molecule has 0 spiro atoms. The van der Waals surface area contributed by atoms with Crippen molar-refractivity contribution < 1.29 is 28.2 Å². The normalized spacial score (nSPS) is 35.3. The van der Waals surface area contributed by atoms with Crippen LogP contribution < -0.4 is 0 Å². The summed E-state index contributed by atoms with van der Waals surface area (Å²) in [5.41, 5.74) is -0.587. The Hall–Kier alpha value is -0.123. The predicted octanol–water partition coefficient (Wildman–Crippen LogP) is 3.11. The molecule has 6 nitrogen and oxygen atoms in total. The Bertz CT molecular complexity index is 504. The Morgan fingerprint density at radius 3 is 2.28 bits per heavy atom. The molecule has 25 heavy (non-hydrogen) atoms. The van der Waals surface area contributed by atoms with Crippen LogP contribution in [0.4, 0.5) is 0 Å². The summed E-state index contributed by atoms with van der Waals surface area (Å²) in [5.74, 6) is -1.17. The highest BCUT2D eigenvalue weighted by Gasteiger charge is 2.56. The minimum absolute atomic E-state index is 0.105. The average Bonchev–Trinajstić information content (AvgIpc) is 2.74. The van der Waals surface area contributed by atoms with E-state index in [9.17, 15) is 4.79 Å². The van der Waals surface area contributed by atoms with Gasteiger partial charge in [0, 0.05) is 6.92 Å². The van der Waals surface area contributed by atoms with Gasteiger partial charge in [-0.25, -0.2) is 0 Å². The molecule has 0 bridgehead atoms. The number of hydrogen-bond acceptors (Lipinski definition) is 7. The van der Waals surface area contributed by atoms with Crippen LogP contribution in [0.25, 0.3) is 0 Å². The second kappa shape index (κ2) is 7.13. The molecule has 0 aromatic rings. The van der Waals surface area contributed by atoms with Gasteiger partial charge >= 0.3 is 5.97 Å². The standard InChI is InChI=1S/C17H32O6SSi/c1-10(18)20-14-13-12(22-17(5,6)23-13)11(21-15(14)24)9-19-25(7,8)16(2,3)4/h11-15,24H,9H2,1-8H3/t11-,12+,13+,14-,15+/m1/s1. The fourth-order valence-corrected chi connectivity index (χ4v) is 4.21. The molecule has 0 aliphatic carbocycles. The van der Waals surface area contributed by atoms with E-state index in [2.05, 4.69) is 46.5 Å². The molecule has 5 atom stereocenters. The number of hydrogen-bond donors (Lipinski definition) is 1. The molecule has 0 N–H and O–H groups in total. The third-order valence-electron chi connectivity index (χ3n) is 5.17. The van der Waals surface area contributed by atoms with Gasteiger partial charge in [0.15, 0.2) is 20.2 Å². The van der Waals surface area contributed by atoms with Crippen LogP contribution in [0.1, 0.15) is 41.5 Å². The van der Waals surface area contributed by atoms with Crippen LogP contribution in [0.5, 0.6) is 0 Å². The van der Waals surface area contributed by atoms with E-state index in [4.69, 9.17) is 23.4 Å². The lowest BCUT2D eigenvalue weighted by atomic mass is 10.0. The summed E-state index contributed by atoms with van der Waals surface area (Å²) in [4.78, 5) is 11.4. The van der Waals surface area contributed by atoms with E-state index in [1.165, 1.54) is 6.92 Å². The van der Waals surface area contributed by atoms with Crippen LogP contribution in [0, 0.1) is 0 Å². The second-order valence-corrected chi connectivity index (χ2v) is 14.1. The van der Waals surface area contributed by atoms with Crippen molar-refractivity contribution in [1.82, 2.24) is 0 Å². The first kappa shape index (κ1) is 21.2. The highest BCUT2D eigenvalue weighted by Crippen LogP contribution is 2.41. The Morgan fingerprint density at radius 2 is 1.76 bits per heavy atom. The van der Waals surface area contributed by atoms with E-state index in [0.29, 0.717) is 6.61 Å². The molecule has 8 heteroatoms. The lowest BCUT2D eigenvalue weighted by Crippen LogP contribution is -2.58. The van der Waals surface area contributed by atoms with Gasteiger partial charge < -0.3 is 23.4 Å². The number of fused-ring (bicyclic) bond motifs is 1. The number of carbonyl (C=O) groups is 1. The van der Waals surface area contributed by atoms with Crippen molar-refractivity contribution in [2.24, 2.45) is 0 Å². The smallest absolute Gasteiger partial charge is 0.303 e. The maximum Gasteiger partial charge on any atom is 0.303 e. The minimum atomic E-state index is -1.92. The lowest BCUT2D eigenvalue weighted by Gasteiger charge is -2.42. The second-order valence-electron chi connectivity index (χ2n) is 8.78. The third kappa shape index (κ3) is 4.78. The molecule has 2 heterocycles. The summed E-state index contributed by atoms with van der Waals surface area (Å²) in [6.07, 6.45) is -1.73. The van der Waals surface area contributed by atoms with Gasteiger partial charge in [0.05, 0.1) is 6.61 Å². The van der Waals surface area contributed by atoms with Gasteiger partial charge in [-0.15, -0.1) is 12.6 Å². The van der Waals surface area contributed by atoms with Crippen LogP contribution in [0.15, 0.2) is 0 Å². The first-order chi connectivity index (χ1) is 11.2. The first-order valence-electron chi connectivity index (χ1n) is 8.74. The summed E-state index contributed by atoms with van der Waals surface area (Å²) >= 11 is 4.47. The minimum Gasteiger partial charge on any atom is -0.456 e. The van der Waals surface area contributed by atoms with E-state index in [0.717, 1.165) is 0 Å². The van der Waals surface area contributed by atoms with Crippen molar-refractivity contribution in [3.63, 3.8) is 0 Å². The molecular weight excluding hydrogens is 360 g/mol. The molecule has 2 rings (SSSR count). The predicted molar refractivity (Wildman–Crippen MR) is 100 cm³/mol. The molecule has 0 saturated carbocycles. The van der Waals surface area contributed by atoms with Crippen molar-refractivity contribution in [3.05, 3.63) is 0 Å². The maximum atomic E-state index is 11.4. The van der Waals surface area contributed by atoms with Crippen molar-refractivity contribution in [2.45, 2.75) is 95.3 Å². The third-order valence-corrected chi connectivity index (χ3v) is 10.1. The largest absolute Gasteiger partial charge is 0.456 e. The Kier molecular flexibility index (Phi) is 6.04. The van der Waals surface area contributed by atoms with E-state index in [-0.39, 0.29) is 17.2 Å². The molecule has 0 unspecified atom stereocenters. The number of ether oxygens (including phenoxy) is 4. The van der Waals surface area contributed by atoms with E-state index in [1.54, 1.807) is 0 Å². The van der Waals surface area contributed by atoms with Crippen LogP contribution in [0.2, 0.25) is 18.1 Å². The summed E-state index contributed by atoms with van der Waals surface area (Å²) in [6, 6.07) is 0. The monoisotopic (exact) mass is 392 g/mol. The molecule has 0 aromatic carbocycles. The van der Waals surface area contributed by atoms with Crippen molar-refractivity contribution in [3.8, 4) is 0 Å². The quantitative estimate of drug-likeness (QED) is 0.451. The van der Waals surface area contributed by atoms with Crippen molar-refractivity contribution >= 4 is 26.9 Å². The highest BCUT2D eigenvalue weighted by molar-refractivity contribution is 7.80. The Morgan fingerprint density at radius 1 is 1.20 bits per heavy atom. The molecule has 2 aliphatic rings. The van der Waals surface area contributed by atoms with Gasteiger partial charge in [-0.3, -0.25) is 4.79 Å². The molecule has 0 radical (unpaired) electrons. The number of thiol groups is 1. The van der Waals surface area contributed by atoms with Crippen LogP contribution in [-0.4, -0.2) is 56.5 Å². The first-order valence-corrected chi connectivity index (χ1v) is 12.2. The van der Waals surface area contributed by atoms with Gasteiger partial charge in [0.2, 0.25) is 0 Å². The summed E-state index contributed by atoms with van der Waals surface area (Å²) < 4.78 is 29.7. The molecule has 0 aromatic heterocycles. The fourth-order valence-electron chi connectivity index (χ4n) is 2.81. The topological polar surface area (TPSA) is 63.2 Å². The Balaban J connectivity index is 2.14. The molecule has 146 valence electrons. The van der Waals surface area contributed by atoms with Crippen LogP contribution in [-0.2, 0) is 28.2 Å². The van der Waals surface area contributed by atoms with Crippen molar-refractivity contribution in [1.29, 1.82) is 0 Å². The van der Waals surface area contributed by atoms with Crippen LogP contribution in [0.3, 0.4) is 0 Å². The van der Waals surface area contributed by atoms with E-state index < -0.39 is 37.7 Å². The van der Waals surface area contributed by atoms with Crippen molar-refractivity contribution in [2.75, 3.05) is 6.61 Å². The Labute approximate surface area is 157 Å². The highest BCUT2D eigenvalue weighted by atomic mass is 32.1. The summed E-state index contributed by atoms with van der Waals surface area (Å²) in [7, 11) is -1.92. The van der Waals surface area contributed by atoms with Crippen LogP contribution >= 0.6 is 12.6 Å². The maximum absolute atomic E-state index is 11.4. The molecule has 2 aliphatic heterocycles. The van der Waals surface area contributed by atoms with Gasteiger partial charge in [0.1, 0.15) is 23.7 Å². The summed E-state index contributed by atoms with van der Waals surface area (Å²) in [5, 5.41) is 0.105. The van der Waals surface area contributed by atoms with Gasteiger partial charge in [0.25, 0.3) is 0 Å². The van der Waals surface area contributed by atoms with E-state index >= 15 is 0 Å². The fraction of sp³-hybridized carbons (Fsp3) is 0.941. The zero-order chi connectivity index (χ0) is 19.2. The number of esters is 1. The van der Waals surface area contributed by atoms with Gasteiger partial charge in [-0.1, -0.05) is 20.8 Å². The number of carbonyl (C=O) groups excluding carboxylic acids is 1. The average molecular weight is 393 g/mol. The molecule has 2 saturated heterocycles.